The third-order valence-electron chi connectivity index (χ3n) is 6.50. The van der Waals surface area contributed by atoms with Crippen LogP contribution >= 0.6 is 0 Å². The van der Waals surface area contributed by atoms with Crippen LogP contribution in [0.1, 0.15) is 48.3 Å². The zero-order chi connectivity index (χ0) is 24.2. The zero-order valence-corrected chi connectivity index (χ0v) is 19.9. The van der Waals surface area contributed by atoms with E-state index in [1.54, 1.807) is 9.47 Å². The Kier molecular flexibility index (Phi) is 7.09. The maximum Gasteiger partial charge on any atom is 0.257 e. The molecular weight excluding hydrogens is 438 g/mol. The van der Waals surface area contributed by atoms with Crippen molar-refractivity contribution in [3.05, 3.63) is 51.4 Å². The second kappa shape index (κ2) is 10.2. The molecule has 0 saturated carbocycles. The molecule has 0 saturated heterocycles. The minimum Gasteiger partial charge on any atom is -0.496 e. The SMILES string of the molecule is CC[C@H](C)CC(=O)N1CCc2c(C(=O)NCc3ccc4c(c3)OCO4)c(OC)cc(=O)n2CC1. The molecular formula is C25H31N3O6. The van der Waals surface area contributed by atoms with Crippen molar-refractivity contribution in [3.63, 3.8) is 0 Å². The van der Waals surface area contributed by atoms with E-state index in [-0.39, 0.29) is 36.5 Å². The Bertz CT molecular complexity index is 1140. The number of nitrogens with one attached hydrogen (secondary N) is 1. The van der Waals surface area contributed by atoms with Crippen LogP contribution in [0.4, 0.5) is 0 Å². The fourth-order valence-electron chi connectivity index (χ4n) is 4.30. The predicted octanol–water partition coefficient (Wildman–Crippen LogP) is 2.34. The maximum absolute atomic E-state index is 13.3. The Morgan fingerprint density at radius 3 is 2.71 bits per heavy atom. The van der Waals surface area contributed by atoms with E-state index < -0.39 is 0 Å². The van der Waals surface area contributed by atoms with E-state index in [0.717, 1.165) is 12.0 Å². The molecule has 34 heavy (non-hydrogen) atoms. The summed E-state index contributed by atoms with van der Waals surface area (Å²) < 4.78 is 17.7. The monoisotopic (exact) mass is 469 g/mol. The first kappa shape index (κ1) is 23.7. The van der Waals surface area contributed by atoms with E-state index >= 15 is 0 Å². The first-order valence-electron chi connectivity index (χ1n) is 11.7. The third-order valence-corrected chi connectivity index (χ3v) is 6.50. The van der Waals surface area contributed by atoms with Crippen LogP contribution in [-0.2, 0) is 24.3 Å². The quantitative estimate of drug-likeness (QED) is 0.668. The third kappa shape index (κ3) is 4.88. The highest BCUT2D eigenvalue weighted by Gasteiger charge is 2.27. The van der Waals surface area contributed by atoms with Gasteiger partial charge in [0.2, 0.25) is 12.7 Å². The number of ether oxygens (including phenoxy) is 3. The molecule has 0 fully saturated rings. The van der Waals surface area contributed by atoms with Crippen LogP contribution < -0.4 is 25.1 Å². The normalized spacial score (nSPS) is 15.3. The maximum atomic E-state index is 13.3. The Morgan fingerprint density at radius 1 is 1.15 bits per heavy atom. The predicted molar refractivity (Wildman–Crippen MR) is 125 cm³/mol. The van der Waals surface area contributed by atoms with Crippen molar-refractivity contribution in [2.24, 2.45) is 5.92 Å². The standard InChI is InChI=1S/C25H31N3O6/c1-4-16(2)11-22(29)27-8-7-18-24(21(32-3)13-23(30)28(18)10-9-27)25(31)26-14-17-5-6-19-20(12-17)34-15-33-19/h5-6,12-13,16H,4,7-11,14-15H2,1-3H3,(H,26,31)/t16-/m0/s1. The average molecular weight is 470 g/mol. The summed E-state index contributed by atoms with van der Waals surface area (Å²) in [5, 5.41) is 2.93. The number of carbonyl (C=O) groups excluding carboxylic acids is 2. The molecule has 0 aliphatic carbocycles. The number of aromatic nitrogens is 1. The summed E-state index contributed by atoms with van der Waals surface area (Å²) in [6.45, 7) is 5.81. The number of pyridine rings is 1. The van der Waals surface area contributed by atoms with Crippen LogP contribution in [-0.4, -0.2) is 48.3 Å². The lowest BCUT2D eigenvalue weighted by Gasteiger charge is -2.21. The van der Waals surface area contributed by atoms with Crippen molar-refractivity contribution < 1.29 is 23.8 Å². The molecule has 0 unspecified atom stereocenters. The molecule has 1 N–H and O–H groups in total. The van der Waals surface area contributed by atoms with Crippen LogP contribution in [0.15, 0.2) is 29.1 Å². The van der Waals surface area contributed by atoms with Gasteiger partial charge in [0, 0.05) is 50.8 Å². The van der Waals surface area contributed by atoms with Gasteiger partial charge in [0.25, 0.3) is 11.5 Å². The van der Waals surface area contributed by atoms with E-state index in [4.69, 9.17) is 14.2 Å². The van der Waals surface area contributed by atoms with Crippen LogP contribution in [0.5, 0.6) is 17.2 Å². The van der Waals surface area contributed by atoms with E-state index in [1.165, 1.54) is 13.2 Å². The first-order chi connectivity index (χ1) is 16.4. The fraction of sp³-hybridized carbons (Fsp3) is 0.480. The molecule has 4 rings (SSSR count). The summed E-state index contributed by atoms with van der Waals surface area (Å²) in [7, 11) is 1.44. The lowest BCUT2D eigenvalue weighted by Crippen LogP contribution is -2.35. The molecule has 0 spiro atoms. The van der Waals surface area contributed by atoms with Crippen LogP contribution in [0, 0.1) is 5.92 Å². The van der Waals surface area contributed by atoms with Gasteiger partial charge in [0.05, 0.1) is 7.11 Å². The molecule has 182 valence electrons. The van der Waals surface area contributed by atoms with E-state index in [1.807, 2.05) is 18.2 Å². The highest BCUT2D eigenvalue weighted by Crippen LogP contribution is 2.32. The van der Waals surface area contributed by atoms with Gasteiger partial charge in [-0.3, -0.25) is 14.4 Å². The van der Waals surface area contributed by atoms with E-state index in [0.29, 0.717) is 61.2 Å². The molecule has 9 nitrogen and oxygen atoms in total. The van der Waals surface area contributed by atoms with Crippen molar-refractivity contribution >= 4 is 11.8 Å². The number of rotatable bonds is 7. The van der Waals surface area contributed by atoms with Gasteiger partial charge in [-0.2, -0.15) is 0 Å². The van der Waals surface area contributed by atoms with Crippen molar-refractivity contribution in [2.45, 2.75) is 46.2 Å². The molecule has 1 atom stereocenters. The van der Waals surface area contributed by atoms with Gasteiger partial charge in [-0.05, 0) is 23.6 Å². The number of methoxy groups -OCH3 is 1. The van der Waals surface area contributed by atoms with E-state index in [2.05, 4.69) is 19.2 Å². The van der Waals surface area contributed by atoms with Crippen LogP contribution in [0.3, 0.4) is 0 Å². The summed E-state index contributed by atoms with van der Waals surface area (Å²) in [5.74, 6) is 1.61. The molecule has 2 aromatic rings. The van der Waals surface area contributed by atoms with Crippen molar-refractivity contribution in [3.8, 4) is 17.2 Å². The highest BCUT2D eigenvalue weighted by molar-refractivity contribution is 5.98. The van der Waals surface area contributed by atoms with Crippen molar-refractivity contribution in [2.75, 3.05) is 27.0 Å². The van der Waals surface area contributed by atoms with Gasteiger partial charge in [0.15, 0.2) is 11.5 Å². The van der Waals surface area contributed by atoms with Crippen LogP contribution in [0.2, 0.25) is 0 Å². The Hall–Kier alpha value is -3.49. The van der Waals surface area contributed by atoms with E-state index in [9.17, 15) is 14.4 Å². The summed E-state index contributed by atoms with van der Waals surface area (Å²) in [6.07, 6.45) is 1.81. The van der Waals surface area contributed by atoms with Gasteiger partial charge in [-0.1, -0.05) is 26.3 Å². The molecule has 3 heterocycles. The molecule has 1 aromatic carbocycles. The number of nitrogens with zero attached hydrogens (tertiary/aromatic N) is 2. The minimum atomic E-state index is -0.336. The molecule has 0 radical (unpaired) electrons. The number of carbonyl (C=O) groups is 2. The second-order valence-corrected chi connectivity index (χ2v) is 8.74. The van der Waals surface area contributed by atoms with Gasteiger partial charge in [-0.25, -0.2) is 0 Å². The molecule has 1 aromatic heterocycles. The molecule has 0 bridgehead atoms. The molecule has 2 amide bonds. The summed E-state index contributed by atoms with van der Waals surface area (Å²) in [4.78, 5) is 40.6. The van der Waals surface area contributed by atoms with Gasteiger partial charge < -0.3 is 29.0 Å². The second-order valence-electron chi connectivity index (χ2n) is 8.74. The topological polar surface area (TPSA) is 99.1 Å². The number of amides is 2. The Balaban J connectivity index is 1.55. The number of hydrogen-bond donors (Lipinski definition) is 1. The smallest absolute Gasteiger partial charge is 0.257 e. The zero-order valence-electron chi connectivity index (χ0n) is 19.9. The molecule has 2 aliphatic heterocycles. The number of benzene rings is 1. The minimum absolute atomic E-state index is 0.0796. The van der Waals surface area contributed by atoms with Crippen molar-refractivity contribution in [1.29, 1.82) is 0 Å². The average Bonchev–Trinajstić information content (AvgIpc) is 3.19. The number of fused-ring (bicyclic) bond motifs is 2. The first-order valence-corrected chi connectivity index (χ1v) is 11.7. The molecule has 9 heteroatoms. The largest absolute Gasteiger partial charge is 0.496 e. The van der Waals surface area contributed by atoms with Gasteiger partial charge in [-0.15, -0.1) is 0 Å². The van der Waals surface area contributed by atoms with Crippen LogP contribution in [0.25, 0.3) is 0 Å². The Morgan fingerprint density at radius 2 is 1.94 bits per heavy atom. The lowest BCUT2D eigenvalue weighted by molar-refractivity contribution is -0.132. The van der Waals surface area contributed by atoms with Gasteiger partial charge in [0.1, 0.15) is 11.3 Å². The Labute approximate surface area is 198 Å². The number of hydrogen-bond acceptors (Lipinski definition) is 6. The van der Waals surface area contributed by atoms with Crippen molar-refractivity contribution in [1.82, 2.24) is 14.8 Å². The summed E-state index contributed by atoms with van der Waals surface area (Å²) >= 11 is 0. The fourth-order valence-corrected chi connectivity index (χ4v) is 4.30. The highest BCUT2D eigenvalue weighted by atomic mass is 16.7. The lowest BCUT2D eigenvalue weighted by atomic mass is 10.0. The summed E-state index contributed by atoms with van der Waals surface area (Å²) in [5.41, 5.74) is 1.54. The summed E-state index contributed by atoms with van der Waals surface area (Å²) in [6, 6.07) is 6.84. The molecule has 2 aliphatic rings. The van der Waals surface area contributed by atoms with Gasteiger partial charge >= 0.3 is 0 Å².